The van der Waals surface area contributed by atoms with Crippen molar-refractivity contribution in [3.8, 4) is 0 Å². The number of nitrogens with two attached hydrogens (primary N) is 1. The summed E-state index contributed by atoms with van der Waals surface area (Å²) in [5.41, 5.74) is 8.91. The van der Waals surface area contributed by atoms with Gasteiger partial charge in [-0.15, -0.1) is 0 Å². The minimum absolute atomic E-state index is 0.204. The predicted molar refractivity (Wildman–Crippen MR) is 62.1 cm³/mol. The maximum atomic E-state index is 11.5. The van der Waals surface area contributed by atoms with Crippen molar-refractivity contribution in [3.05, 3.63) is 29.3 Å². The third-order valence-corrected chi connectivity index (χ3v) is 2.93. The molecule has 0 bridgehead atoms. The van der Waals surface area contributed by atoms with Crippen molar-refractivity contribution in [2.75, 3.05) is 19.4 Å². The monoisotopic (exact) mass is 220 g/mol. The summed E-state index contributed by atoms with van der Waals surface area (Å²) < 4.78 is 4.76. The van der Waals surface area contributed by atoms with E-state index in [1.165, 1.54) is 18.2 Å². The van der Waals surface area contributed by atoms with Crippen LogP contribution in [0.2, 0.25) is 0 Å². The third kappa shape index (κ3) is 2.17. The highest BCUT2D eigenvalue weighted by Crippen LogP contribution is 2.18. The molecule has 1 heterocycles. The van der Waals surface area contributed by atoms with Gasteiger partial charge in [0.25, 0.3) is 0 Å². The number of hydrogen-bond acceptors (Lipinski definition) is 4. The summed E-state index contributed by atoms with van der Waals surface area (Å²) in [5.74, 6) is -0.204. The standard InChI is InChI=1S/C12H16N2O2/c1-16-12(15)11-7-8-2-3-10(13)6-9(8)4-5-14-11/h2-3,6,11,14H,4-5,7,13H2,1H3/t11-/m0/s1. The molecule has 0 saturated carbocycles. The molecule has 0 fully saturated rings. The van der Waals surface area contributed by atoms with Gasteiger partial charge in [0.2, 0.25) is 0 Å². The number of benzene rings is 1. The van der Waals surface area contributed by atoms with E-state index in [0.717, 1.165) is 18.7 Å². The second-order valence-corrected chi connectivity index (χ2v) is 4.01. The number of nitrogen functional groups attached to an aromatic ring is 1. The van der Waals surface area contributed by atoms with Crippen LogP contribution in [0.15, 0.2) is 18.2 Å². The minimum Gasteiger partial charge on any atom is -0.468 e. The molecule has 0 aromatic heterocycles. The van der Waals surface area contributed by atoms with E-state index in [4.69, 9.17) is 10.5 Å². The van der Waals surface area contributed by atoms with Crippen LogP contribution in [0.5, 0.6) is 0 Å². The van der Waals surface area contributed by atoms with Gasteiger partial charge in [-0.2, -0.15) is 0 Å². The molecule has 4 nitrogen and oxygen atoms in total. The minimum atomic E-state index is -0.241. The molecule has 0 amide bonds. The maximum absolute atomic E-state index is 11.5. The number of anilines is 1. The fourth-order valence-corrected chi connectivity index (χ4v) is 2.06. The van der Waals surface area contributed by atoms with E-state index in [0.29, 0.717) is 6.42 Å². The van der Waals surface area contributed by atoms with Gasteiger partial charge in [0.1, 0.15) is 6.04 Å². The Morgan fingerprint density at radius 1 is 1.50 bits per heavy atom. The Morgan fingerprint density at radius 3 is 3.06 bits per heavy atom. The number of methoxy groups -OCH3 is 1. The van der Waals surface area contributed by atoms with Gasteiger partial charge in [0.05, 0.1) is 7.11 Å². The van der Waals surface area contributed by atoms with Gasteiger partial charge in [0.15, 0.2) is 0 Å². The number of hydrogen-bond donors (Lipinski definition) is 2. The van der Waals surface area contributed by atoms with Crippen molar-refractivity contribution >= 4 is 11.7 Å². The highest BCUT2D eigenvalue weighted by atomic mass is 16.5. The Kier molecular flexibility index (Phi) is 3.10. The molecule has 1 atom stereocenters. The summed E-state index contributed by atoms with van der Waals surface area (Å²) in [6.07, 6.45) is 1.57. The Hall–Kier alpha value is -1.55. The molecule has 1 aromatic carbocycles. The molecule has 1 aromatic rings. The number of rotatable bonds is 1. The van der Waals surface area contributed by atoms with Gasteiger partial charge in [-0.25, -0.2) is 0 Å². The van der Waals surface area contributed by atoms with Gasteiger partial charge in [-0.3, -0.25) is 4.79 Å². The van der Waals surface area contributed by atoms with Crippen LogP contribution in [0.3, 0.4) is 0 Å². The van der Waals surface area contributed by atoms with Gasteiger partial charge in [0, 0.05) is 5.69 Å². The van der Waals surface area contributed by atoms with E-state index in [-0.39, 0.29) is 12.0 Å². The molecule has 4 heteroatoms. The molecule has 3 N–H and O–H groups in total. The van der Waals surface area contributed by atoms with E-state index < -0.39 is 0 Å². The van der Waals surface area contributed by atoms with E-state index in [1.54, 1.807) is 0 Å². The molecule has 2 rings (SSSR count). The summed E-state index contributed by atoms with van der Waals surface area (Å²) in [6.45, 7) is 0.774. The summed E-state index contributed by atoms with van der Waals surface area (Å²) in [4.78, 5) is 11.5. The van der Waals surface area contributed by atoms with Crippen LogP contribution in [0.1, 0.15) is 11.1 Å². The molecule has 86 valence electrons. The quantitative estimate of drug-likeness (QED) is 0.534. The van der Waals surface area contributed by atoms with E-state index in [1.807, 2.05) is 18.2 Å². The maximum Gasteiger partial charge on any atom is 0.323 e. The van der Waals surface area contributed by atoms with Crippen LogP contribution in [0, 0.1) is 0 Å². The lowest BCUT2D eigenvalue weighted by Crippen LogP contribution is -2.38. The Balaban J connectivity index is 2.24. The van der Waals surface area contributed by atoms with Gasteiger partial charge < -0.3 is 15.8 Å². The Morgan fingerprint density at radius 2 is 2.31 bits per heavy atom. The number of esters is 1. The van der Waals surface area contributed by atoms with E-state index in [9.17, 15) is 4.79 Å². The topological polar surface area (TPSA) is 64.3 Å². The first-order valence-corrected chi connectivity index (χ1v) is 5.39. The molecule has 0 aliphatic carbocycles. The zero-order valence-electron chi connectivity index (χ0n) is 9.32. The molecule has 16 heavy (non-hydrogen) atoms. The molecule has 0 spiro atoms. The smallest absolute Gasteiger partial charge is 0.323 e. The average Bonchev–Trinajstić information content (AvgIpc) is 2.49. The van der Waals surface area contributed by atoms with Crippen LogP contribution in [-0.4, -0.2) is 25.7 Å². The lowest BCUT2D eigenvalue weighted by Gasteiger charge is -2.13. The van der Waals surface area contributed by atoms with Gasteiger partial charge in [-0.05, 0) is 42.6 Å². The van der Waals surface area contributed by atoms with Gasteiger partial charge >= 0.3 is 5.97 Å². The average molecular weight is 220 g/mol. The largest absolute Gasteiger partial charge is 0.468 e. The van der Waals surface area contributed by atoms with Crippen molar-refractivity contribution in [1.82, 2.24) is 5.32 Å². The lowest BCUT2D eigenvalue weighted by molar-refractivity contribution is -0.143. The summed E-state index contributed by atoms with van der Waals surface area (Å²) in [7, 11) is 1.42. The SMILES string of the molecule is COC(=O)[C@@H]1Cc2ccc(N)cc2CCN1. The van der Waals surface area contributed by atoms with Crippen LogP contribution >= 0.6 is 0 Å². The Labute approximate surface area is 94.8 Å². The summed E-state index contributed by atoms with van der Waals surface area (Å²) >= 11 is 0. The second-order valence-electron chi connectivity index (χ2n) is 4.01. The predicted octanol–water partition coefficient (Wildman–Crippen LogP) is 0.499. The first kappa shape index (κ1) is 11.0. The first-order valence-electron chi connectivity index (χ1n) is 5.39. The lowest BCUT2D eigenvalue weighted by atomic mass is 10.00. The number of carbonyl (C=O) groups excluding carboxylic acids is 1. The zero-order chi connectivity index (χ0) is 11.5. The van der Waals surface area contributed by atoms with Crippen molar-refractivity contribution in [2.24, 2.45) is 0 Å². The van der Waals surface area contributed by atoms with Crippen LogP contribution in [-0.2, 0) is 22.4 Å². The number of nitrogens with one attached hydrogen (secondary N) is 1. The highest BCUT2D eigenvalue weighted by Gasteiger charge is 2.22. The van der Waals surface area contributed by atoms with Crippen LogP contribution in [0.25, 0.3) is 0 Å². The number of carbonyl (C=O) groups is 1. The molecule has 0 saturated heterocycles. The normalized spacial score (nSPS) is 19.7. The molecule has 0 unspecified atom stereocenters. The van der Waals surface area contributed by atoms with Crippen molar-refractivity contribution in [1.29, 1.82) is 0 Å². The third-order valence-electron chi connectivity index (χ3n) is 2.93. The number of ether oxygens (including phenoxy) is 1. The summed E-state index contributed by atoms with van der Waals surface area (Å²) in [5, 5.41) is 3.18. The molecule has 1 aliphatic heterocycles. The Bertz CT molecular complexity index is 404. The van der Waals surface area contributed by atoms with Crippen LogP contribution in [0.4, 0.5) is 5.69 Å². The molecule has 1 aliphatic rings. The highest BCUT2D eigenvalue weighted by molar-refractivity contribution is 5.76. The van der Waals surface area contributed by atoms with Crippen molar-refractivity contribution < 1.29 is 9.53 Å². The van der Waals surface area contributed by atoms with Crippen molar-refractivity contribution in [3.63, 3.8) is 0 Å². The van der Waals surface area contributed by atoms with E-state index >= 15 is 0 Å². The fourth-order valence-electron chi connectivity index (χ4n) is 2.06. The summed E-state index contributed by atoms with van der Waals surface area (Å²) in [6, 6.07) is 5.61. The van der Waals surface area contributed by atoms with Crippen molar-refractivity contribution in [2.45, 2.75) is 18.9 Å². The fraction of sp³-hybridized carbons (Fsp3) is 0.417. The van der Waals surface area contributed by atoms with E-state index in [2.05, 4.69) is 5.32 Å². The van der Waals surface area contributed by atoms with Crippen LogP contribution < -0.4 is 11.1 Å². The molecule has 0 radical (unpaired) electrons. The second kappa shape index (κ2) is 4.53. The molecular formula is C12H16N2O2. The number of fused-ring (bicyclic) bond motifs is 1. The first-order chi connectivity index (χ1) is 7.70. The van der Waals surface area contributed by atoms with Gasteiger partial charge in [-0.1, -0.05) is 6.07 Å². The molecular weight excluding hydrogens is 204 g/mol. The zero-order valence-corrected chi connectivity index (χ0v) is 9.32.